The summed E-state index contributed by atoms with van der Waals surface area (Å²) >= 11 is 0. The summed E-state index contributed by atoms with van der Waals surface area (Å²) in [6, 6.07) is 5.76. The van der Waals surface area contributed by atoms with Crippen molar-refractivity contribution in [2.24, 2.45) is 5.73 Å². The zero-order valence-electron chi connectivity index (χ0n) is 11.0. The summed E-state index contributed by atoms with van der Waals surface area (Å²) in [6.07, 6.45) is 2.71. The van der Waals surface area contributed by atoms with Crippen LogP contribution in [0.2, 0.25) is 0 Å². The van der Waals surface area contributed by atoms with Gasteiger partial charge in [0.15, 0.2) is 0 Å². The first kappa shape index (κ1) is 14.7. The summed E-state index contributed by atoms with van der Waals surface area (Å²) in [5.74, 6) is 0. The Balaban J connectivity index is 2.40. The van der Waals surface area contributed by atoms with Crippen LogP contribution in [-0.2, 0) is 16.4 Å². The fraction of sp³-hybridized carbons (Fsp3) is 0.308. The molecule has 1 aromatic carbocycles. The van der Waals surface area contributed by atoms with Gasteiger partial charge in [-0.25, -0.2) is 21.8 Å². The Morgan fingerprint density at radius 2 is 2.00 bits per heavy atom. The second-order valence-corrected chi connectivity index (χ2v) is 6.43. The number of halogens is 1. The van der Waals surface area contributed by atoms with E-state index in [4.69, 9.17) is 5.73 Å². The molecule has 2 N–H and O–H groups in total. The van der Waals surface area contributed by atoms with Gasteiger partial charge in [0, 0.05) is 18.7 Å². The zero-order chi connectivity index (χ0) is 14.8. The SMILES string of the molecule is Cc1ccc(S(=O)(=O)n2cncc2CC(N)CF)cc1. The maximum atomic E-state index is 12.5. The first-order chi connectivity index (χ1) is 9.45. The molecule has 1 atom stereocenters. The second-order valence-electron chi connectivity index (χ2n) is 4.62. The van der Waals surface area contributed by atoms with Crippen LogP contribution in [0.25, 0.3) is 0 Å². The molecule has 20 heavy (non-hydrogen) atoms. The molecule has 0 aliphatic rings. The Bertz CT molecular complexity index is 680. The summed E-state index contributed by atoms with van der Waals surface area (Å²) in [4.78, 5) is 3.99. The van der Waals surface area contributed by atoms with E-state index in [2.05, 4.69) is 4.98 Å². The molecule has 0 radical (unpaired) electrons. The topological polar surface area (TPSA) is 78.0 Å². The quantitative estimate of drug-likeness (QED) is 0.901. The van der Waals surface area contributed by atoms with Gasteiger partial charge in [0.2, 0.25) is 0 Å². The third kappa shape index (κ3) is 2.88. The van der Waals surface area contributed by atoms with Crippen LogP contribution in [0.4, 0.5) is 4.39 Å². The minimum Gasteiger partial charge on any atom is -0.325 e. The summed E-state index contributed by atoms with van der Waals surface area (Å²) < 4.78 is 38.5. The van der Waals surface area contributed by atoms with Crippen LogP contribution in [0.3, 0.4) is 0 Å². The zero-order valence-corrected chi connectivity index (χ0v) is 11.8. The lowest BCUT2D eigenvalue weighted by atomic mass is 10.2. The molecule has 0 spiro atoms. The summed E-state index contributed by atoms with van der Waals surface area (Å²) in [5, 5.41) is 0. The van der Waals surface area contributed by atoms with Gasteiger partial charge in [-0.15, -0.1) is 0 Å². The van der Waals surface area contributed by atoms with Crippen LogP contribution in [0.5, 0.6) is 0 Å². The van der Waals surface area contributed by atoms with Gasteiger partial charge >= 0.3 is 0 Å². The third-order valence-electron chi connectivity index (χ3n) is 2.93. The van der Waals surface area contributed by atoms with E-state index in [1.165, 1.54) is 24.7 Å². The van der Waals surface area contributed by atoms with Gasteiger partial charge in [-0.3, -0.25) is 0 Å². The van der Waals surface area contributed by atoms with Crippen molar-refractivity contribution in [1.82, 2.24) is 8.96 Å². The van der Waals surface area contributed by atoms with Crippen molar-refractivity contribution >= 4 is 10.0 Å². The Morgan fingerprint density at radius 1 is 1.35 bits per heavy atom. The lowest BCUT2D eigenvalue weighted by Crippen LogP contribution is -2.27. The van der Waals surface area contributed by atoms with Crippen LogP contribution in [0.1, 0.15) is 11.3 Å². The Morgan fingerprint density at radius 3 is 2.60 bits per heavy atom. The van der Waals surface area contributed by atoms with Gasteiger partial charge in [0.05, 0.1) is 10.6 Å². The molecule has 1 aromatic heterocycles. The molecule has 0 saturated heterocycles. The maximum absolute atomic E-state index is 12.5. The van der Waals surface area contributed by atoms with Crippen molar-refractivity contribution < 1.29 is 12.8 Å². The fourth-order valence-corrected chi connectivity index (χ4v) is 3.13. The van der Waals surface area contributed by atoms with Crippen LogP contribution < -0.4 is 5.73 Å². The number of hydrogen-bond donors (Lipinski definition) is 1. The van der Waals surface area contributed by atoms with E-state index in [9.17, 15) is 12.8 Å². The molecule has 1 heterocycles. The van der Waals surface area contributed by atoms with E-state index in [0.717, 1.165) is 9.54 Å². The molecule has 2 aromatic rings. The highest BCUT2D eigenvalue weighted by atomic mass is 32.2. The highest BCUT2D eigenvalue weighted by Crippen LogP contribution is 2.17. The van der Waals surface area contributed by atoms with Crippen LogP contribution in [0, 0.1) is 6.92 Å². The molecule has 108 valence electrons. The first-order valence-electron chi connectivity index (χ1n) is 6.10. The Kier molecular flexibility index (Phi) is 4.20. The lowest BCUT2D eigenvalue weighted by molar-refractivity contribution is 0.424. The standard InChI is InChI=1S/C13H16FN3O2S/c1-10-2-4-13(5-3-10)20(18,19)17-9-16-8-12(17)6-11(15)7-14/h2-5,8-9,11H,6-7,15H2,1H3. The van der Waals surface area contributed by atoms with E-state index in [-0.39, 0.29) is 11.3 Å². The minimum atomic E-state index is -3.72. The highest BCUT2D eigenvalue weighted by molar-refractivity contribution is 7.90. The molecule has 0 amide bonds. The maximum Gasteiger partial charge on any atom is 0.269 e. The average molecular weight is 297 g/mol. The first-order valence-corrected chi connectivity index (χ1v) is 7.54. The molecule has 2 rings (SSSR count). The number of alkyl halides is 1. The van der Waals surface area contributed by atoms with Crippen molar-refractivity contribution in [2.75, 3.05) is 6.67 Å². The molecule has 1 unspecified atom stereocenters. The summed E-state index contributed by atoms with van der Waals surface area (Å²) in [7, 11) is -3.72. The molecule has 0 saturated carbocycles. The number of nitrogens with zero attached hydrogens (tertiary/aromatic N) is 2. The summed E-state index contributed by atoms with van der Waals surface area (Å²) in [6.45, 7) is 1.16. The molecule has 7 heteroatoms. The van der Waals surface area contributed by atoms with Gasteiger partial charge < -0.3 is 5.73 Å². The van der Waals surface area contributed by atoms with Crippen LogP contribution in [-0.4, -0.2) is 30.1 Å². The van der Waals surface area contributed by atoms with E-state index in [0.29, 0.717) is 5.69 Å². The van der Waals surface area contributed by atoms with E-state index in [1.54, 1.807) is 12.1 Å². The Labute approximate surface area is 117 Å². The number of imidazole rings is 1. The van der Waals surface area contributed by atoms with Gasteiger partial charge in [0.1, 0.15) is 13.0 Å². The van der Waals surface area contributed by atoms with E-state index >= 15 is 0 Å². The number of aromatic nitrogens is 2. The lowest BCUT2D eigenvalue weighted by Gasteiger charge is -2.11. The molecule has 0 bridgehead atoms. The van der Waals surface area contributed by atoms with Crippen molar-refractivity contribution in [3.63, 3.8) is 0 Å². The highest BCUT2D eigenvalue weighted by Gasteiger charge is 2.20. The third-order valence-corrected chi connectivity index (χ3v) is 4.64. The van der Waals surface area contributed by atoms with Crippen LogP contribution in [0.15, 0.2) is 41.7 Å². The van der Waals surface area contributed by atoms with Gasteiger partial charge in [0.25, 0.3) is 10.0 Å². The molecule has 0 aliphatic heterocycles. The van der Waals surface area contributed by atoms with Crippen molar-refractivity contribution in [2.45, 2.75) is 24.3 Å². The smallest absolute Gasteiger partial charge is 0.269 e. The molecular weight excluding hydrogens is 281 g/mol. The van der Waals surface area contributed by atoms with Gasteiger partial charge in [-0.1, -0.05) is 17.7 Å². The fourth-order valence-electron chi connectivity index (χ4n) is 1.82. The second kappa shape index (κ2) is 5.72. The van der Waals surface area contributed by atoms with E-state index < -0.39 is 22.7 Å². The largest absolute Gasteiger partial charge is 0.325 e. The predicted molar refractivity (Wildman–Crippen MR) is 73.6 cm³/mol. The minimum absolute atomic E-state index is 0.113. The van der Waals surface area contributed by atoms with Crippen molar-refractivity contribution in [3.05, 3.63) is 48.0 Å². The number of nitrogens with two attached hydrogens (primary N) is 1. The van der Waals surface area contributed by atoms with Crippen LogP contribution >= 0.6 is 0 Å². The molecule has 5 nitrogen and oxygen atoms in total. The molecule has 0 fully saturated rings. The number of hydrogen-bond acceptors (Lipinski definition) is 4. The summed E-state index contributed by atoms with van der Waals surface area (Å²) in [5.41, 5.74) is 6.86. The Hall–Kier alpha value is -1.73. The number of aryl methyl sites for hydroxylation is 1. The number of benzene rings is 1. The monoisotopic (exact) mass is 297 g/mol. The molecular formula is C13H16FN3O2S. The van der Waals surface area contributed by atoms with Gasteiger partial charge in [-0.2, -0.15) is 0 Å². The van der Waals surface area contributed by atoms with Crippen molar-refractivity contribution in [3.8, 4) is 0 Å². The predicted octanol–water partition coefficient (Wildman–Crippen LogP) is 1.27. The average Bonchev–Trinajstić information content (AvgIpc) is 2.88. The number of rotatable bonds is 5. The van der Waals surface area contributed by atoms with Crippen molar-refractivity contribution in [1.29, 1.82) is 0 Å². The van der Waals surface area contributed by atoms with E-state index in [1.807, 2.05) is 6.92 Å². The normalized spacial score (nSPS) is 13.3. The van der Waals surface area contributed by atoms with Gasteiger partial charge in [-0.05, 0) is 19.1 Å². The molecule has 0 aliphatic carbocycles.